The SMILES string of the molecule is CC([CH]=[Zr]([Cl])[Cl])CCN(C)c1ccccc1. The first-order chi connectivity index (χ1) is 7.59. The quantitative estimate of drug-likeness (QED) is 0.788. The molecule has 0 saturated heterocycles. The van der Waals surface area contributed by atoms with Gasteiger partial charge in [-0.05, 0) is 0 Å². The summed E-state index contributed by atoms with van der Waals surface area (Å²) in [5, 5.41) is 0. The maximum atomic E-state index is 5.90. The molecule has 4 heteroatoms. The van der Waals surface area contributed by atoms with Crippen molar-refractivity contribution < 1.29 is 18.9 Å². The summed E-state index contributed by atoms with van der Waals surface area (Å²) in [5.74, 6) is 0.524. The van der Waals surface area contributed by atoms with Crippen molar-refractivity contribution in [3.63, 3.8) is 0 Å². The van der Waals surface area contributed by atoms with Crippen molar-refractivity contribution in [2.75, 3.05) is 18.5 Å². The van der Waals surface area contributed by atoms with E-state index in [2.05, 4.69) is 46.8 Å². The Morgan fingerprint density at radius 1 is 1.31 bits per heavy atom. The molecule has 1 atom stereocenters. The van der Waals surface area contributed by atoms with E-state index in [0.29, 0.717) is 5.92 Å². The number of hydrogen-bond donors (Lipinski definition) is 0. The van der Waals surface area contributed by atoms with Gasteiger partial charge in [0.2, 0.25) is 0 Å². The Bertz CT molecular complexity index is 336. The molecule has 1 unspecified atom stereocenters. The summed E-state index contributed by atoms with van der Waals surface area (Å²) in [6.45, 7) is 3.22. The minimum absolute atomic E-state index is 0.524. The van der Waals surface area contributed by atoms with Crippen LogP contribution < -0.4 is 4.90 Å². The molecule has 0 bridgehead atoms. The van der Waals surface area contributed by atoms with Gasteiger partial charge < -0.3 is 0 Å². The van der Waals surface area contributed by atoms with Gasteiger partial charge in [-0.15, -0.1) is 0 Å². The Kier molecular flexibility index (Phi) is 6.88. The summed E-state index contributed by atoms with van der Waals surface area (Å²) in [4.78, 5) is 2.26. The summed E-state index contributed by atoms with van der Waals surface area (Å²) in [6.07, 6.45) is 1.11. The Labute approximate surface area is 113 Å². The molecule has 0 aliphatic rings. The molecule has 1 rings (SSSR count). The normalized spacial score (nSPS) is 12.0. The van der Waals surface area contributed by atoms with E-state index >= 15 is 0 Å². The van der Waals surface area contributed by atoms with Crippen LogP contribution in [0.3, 0.4) is 0 Å². The summed E-state index contributed by atoms with van der Waals surface area (Å²) in [5.41, 5.74) is 1.25. The average Bonchev–Trinajstić information content (AvgIpc) is 2.26. The number of rotatable bonds is 5. The van der Waals surface area contributed by atoms with Crippen molar-refractivity contribution in [2.45, 2.75) is 13.3 Å². The Balaban J connectivity index is 2.42. The van der Waals surface area contributed by atoms with Gasteiger partial charge >= 0.3 is 113 Å². The van der Waals surface area contributed by atoms with Gasteiger partial charge in [-0.25, -0.2) is 0 Å². The summed E-state index contributed by atoms with van der Waals surface area (Å²) in [7, 11) is 13.9. The molecule has 1 aromatic carbocycles. The summed E-state index contributed by atoms with van der Waals surface area (Å²) in [6, 6.07) is 10.4. The molecule has 0 N–H and O–H groups in total. The van der Waals surface area contributed by atoms with E-state index < -0.39 is 18.9 Å². The van der Waals surface area contributed by atoms with Gasteiger partial charge in [0.15, 0.2) is 0 Å². The second kappa shape index (κ2) is 7.64. The van der Waals surface area contributed by atoms with Crippen molar-refractivity contribution in [1.29, 1.82) is 0 Å². The van der Waals surface area contributed by atoms with E-state index in [4.69, 9.17) is 17.0 Å². The number of anilines is 1. The monoisotopic (exact) mass is 335 g/mol. The Morgan fingerprint density at radius 2 is 1.94 bits per heavy atom. The van der Waals surface area contributed by atoms with Crippen LogP contribution in [-0.2, 0) is 18.9 Å². The van der Waals surface area contributed by atoms with Crippen molar-refractivity contribution >= 4 is 26.4 Å². The first-order valence-corrected chi connectivity index (χ1v) is 13.1. The predicted molar refractivity (Wildman–Crippen MR) is 71.3 cm³/mol. The molecule has 1 nitrogen and oxygen atoms in total. The molecular weight excluding hydrogens is 320 g/mol. The zero-order valence-electron chi connectivity index (χ0n) is 9.66. The van der Waals surface area contributed by atoms with E-state index in [9.17, 15) is 0 Å². The van der Waals surface area contributed by atoms with Crippen molar-refractivity contribution in [1.82, 2.24) is 0 Å². The zero-order valence-corrected chi connectivity index (χ0v) is 13.6. The van der Waals surface area contributed by atoms with Gasteiger partial charge in [0.1, 0.15) is 0 Å². The maximum absolute atomic E-state index is 5.90. The molecular formula is C12H17Cl2NZr. The number of para-hydroxylation sites is 1. The summed E-state index contributed by atoms with van der Waals surface area (Å²) < 4.78 is 2.16. The van der Waals surface area contributed by atoms with Gasteiger partial charge in [-0.2, -0.15) is 0 Å². The molecule has 0 aliphatic carbocycles. The average molecular weight is 337 g/mol. The molecule has 0 heterocycles. The first kappa shape index (κ1) is 14.4. The number of nitrogens with zero attached hydrogens (tertiary/aromatic N) is 1. The molecule has 0 radical (unpaired) electrons. The van der Waals surface area contributed by atoms with E-state index in [1.54, 1.807) is 0 Å². The number of halogens is 2. The van der Waals surface area contributed by atoms with Crippen LogP contribution in [0, 0.1) is 5.92 Å². The predicted octanol–water partition coefficient (Wildman–Crippen LogP) is 3.88. The fourth-order valence-corrected chi connectivity index (χ4v) is 5.52. The van der Waals surface area contributed by atoms with E-state index in [1.165, 1.54) is 5.69 Å². The standard InChI is InChI=1S/C12H17N.2ClH.Zr/c1-11(2)9-10-13(3)12-7-5-4-6-8-12;;;/h1,4-8,11H,9-10H2,2-3H3;2*1H;/q;;;+2/p-2. The third kappa shape index (κ3) is 5.61. The van der Waals surface area contributed by atoms with Crippen LogP contribution in [0.2, 0.25) is 0 Å². The molecule has 88 valence electrons. The number of benzene rings is 1. The number of hydrogen-bond acceptors (Lipinski definition) is 1. The second-order valence-electron chi connectivity index (χ2n) is 3.98. The minimum atomic E-state index is -2.06. The Hall–Kier alpha value is 0.353. The van der Waals surface area contributed by atoms with Crippen LogP contribution in [-0.4, -0.2) is 17.3 Å². The van der Waals surface area contributed by atoms with Crippen LogP contribution in [0.5, 0.6) is 0 Å². The van der Waals surface area contributed by atoms with E-state index in [0.717, 1.165) is 13.0 Å². The van der Waals surface area contributed by atoms with Gasteiger partial charge in [-0.3, -0.25) is 0 Å². The van der Waals surface area contributed by atoms with Crippen LogP contribution in [0.25, 0.3) is 0 Å². The van der Waals surface area contributed by atoms with Crippen LogP contribution in [0.15, 0.2) is 30.3 Å². The van der Waals surface area contributed by atoms with Crippen molar-refractivity contribution in [3.05, 3.63) is 30.3 Å². The van der Waals surface area contributed by atoms with Crippen LogP contribution >= 0.6 is 17.0 Å². The fourth-order valence-electron chi connectivity index (χ4n) is 1.51. The van der Waals surface area contributed by atoms with Crippen LogP contribution in [0.4, 0.5) is 5.69 Å². The second-order valence-corrected chi connectivity index (χ2v) is 12.2. The molecule has 0 fully saturated rings. The molecule has 0 saturated carbocycles. The van der Waals surface area contributed by atoms with Gasteiger partial charge in [-0.1, -0.05) is 0 Å². The van der Waals surface area contributed by atoms with Gasteiger partial charge in [0.25, 0.3) is 0 Å². The molecule has 0 amide bonds. The molecule has 0 aromatic heterocycles. The molecule has 16 heavy (non-hydrogen) atoms. The van der Waals surface area contributed by atoms with Crippen molar-refractivity contribution in [3.8, 4) is 0 Å². The molecule has 0 aliphatic heterocycles. The van der Waals surface area contributed by atoms with Crippen molar-refractivity contribution in [2.24, 2.45) is 5.92 Å². The first-order valence-electron chi connectivity index (χ1n) is 5.38. The Morgan fingerprint density at radius 3 is 2.50 bits per heavy atom. The third-order valence-electron chi connectivity index (χ3n) is 2.53. The van der Waals surface area contributed by atoms with Gasteiger partial charge in [0, 0.05) is 0 Å². The van der Waals surface area contributed by atoms with Gasteiger partial charge in [0.05, 0.1) is 0 Å². The third-order valence-corrected chi connectivity index (χ3v) is 6.04. The fraction of sp³-hybridized carbons (Fsp3) is 0.417. The molecule has 0 spiro atoms. The van der Waals surface area contributed by atoms with E-state index in [1.807, 2.05) is 6.07 Å². The van der Waals surface area contributed by atoms with Crippen LogP contribution in [0.1, 0.15) is 13.3 Å². The van der Waals surface area contributed by atoms with E-state index in [-0.39, 0.29) is 0 Å². The zero-order chi connectivity index (χ0) is 12.0. The summed E-state index contributed by atoms with van der Waals surface area (Å²) >= 11 is -2.06. The topological polar surface area (TPSA) is 3.24 Å². The molecule has 1 aromatic rings.